The Labute approximate surface area is 220 Å². The van der Waals surface area contributed by atoms with Gasteiger partial charge in [0.1, 0.15) is 11.5 Å². The fourth-order valence-electron chi connectivity index (χ4n) is 4.20. The summed E-state index contributed by atoms with van der Waals surface area (Å²) in [5, 5.41) is 12.0. The van der Waals surface area contributed by atoms with Gasteiger partial charge in [-0.1, -0.05) is 48.7 Å². The van der Waals surface area contributed by atoms with Gasteiger partial charge in [-0.2, -0.15) is 0 Å². The zero-order valence-corrected chi connectivity index (χ0v) is 21.5. The topological polar surface area (TPSA) is 79.7 Å². The third-order valence-corrected chi connectivity index (χ3v) is 6.82. The third kappa shape index (κ3) is 5.25. The second-order valence-corrected chi connectivity index (χ2v) is 9.46. The Balaban J connectivity index is 1.80. The van der Waals surface area contributed by atoms with Crippen LogP contribution in [0.15, 0.2) is 66.5 Å². The number of benzene rings is 2. The summed E-state index contributed by atoms with van der Waals surface area (Å²) in [5.41, 5.74) is 2.52. The quantitative estimate of drug-likeness (QED) is 0.157. The lowest BCUT2D eigenvalue weighted by atomic mass is 9.94. The van der Waals surface area contributed by atoms with Crippen LogP contribution in [0.2, 0.25) is 10.0 Å². The SMILES string of the molecule is CCCCOc1ccc(/C(O)=C2\C(=O)C(=O)N(Cc3cccnc3)C2c2ccc(Cl)c(Cl)c2)cc1C. The molecule has 6 nitrogen and oxygen atoms in total. The molecule has 1 aromatic heterocycles. The van der Waals surface area contributed by atoms with Gasteiger partial charge in [0, 0.05) is 24.5 Å². The molecule has 0 spiro atoms. The number of carbonyl (C=O) groups is 2. The second-order valence-electron chi connectivity index (χ2n) is 8.64. The van der Waals surface area contributed by atoms with Crippen LogP contribution in [-0.2, 0) is 16.1 Å². The van der Waals surface area contributed by atoms with Gasteiger partial charge in [0.05, 0.1) is 28.3 Å². The molecule has 1 atom stereocenters. The Hall–Kier alpha value is -3.35. The van der Waals surface area contributed by atoms with Crippen molar-refractivity contribution in [3.8, 4) is 5.75 Å². The smallest absolute Gasteiger partial charge is 0.295 e. The van der Waals surface area contributed by atoms with Gasteiger partial charge < -0.3 is 14.7 Å². The maximum Gasteiger partial charge on any atom is 0.295 e. The molecule has 8 heteroatoms. The number of ether oxygens (including phenoxy) is 1. The van der Waals surface area contributed by atoms with Crippen LogP contribution in [0, 0.1) is 6.92 Å². The fourth-order valence-corrected chi connectivity index (χ4v) is 4.51. The van der Waals surface area contributed by atoms with Crippen LogP contribution in [0.4, 0.5) is 0 Å². The number of aliphatic hydroxyl groups excluding tert-OH is 1. The van der Waals surface area contributed by atoms with Crippen LogP contribution in [0.1, 0.15) is 48.1 Å². The first-order valence-electron chi connectivity index (χ1n) is 11.7. The van der Waals surface area contributed by atoms with Gasteiger partial charge in [0.15, 0.2) is 0 Å². The molecule has 2 heterocycles. The molecule has 1 fully saturated rings. The molecule has 0 bridgehead atoms. The van der Waals surface area contributed by atoms with Gasteiger partial charge in [-0.25, -0.2) is 0 Å². The van der Waals surface area contributed by atoms with Gasteiger partial charge in [0.2, 0.25) is 0 Å². The number of hydrogen-bond donors (Lipinski definition) is 1. The third-order valence-electron chi connectivity index (χ3n) is 6.08. The Morgan fingerprint density at radius 3 is 2.58 bits per heavy atom. The first-order chi connectivity index (χ1) is 17.3. The number of aryl methyl sites for hydroxylation is 1. The minimum absolute atomic E-state index is 0.0127. The monoisotopic (exact) mass is 524 g/mol. The second kappa shape index (κ2) is 11.1. The van der Waals surface area contributed by atoms with Crippen LogP contribution in [0.3, 0.4) is 0 Å². The van der Waals surface area contributed by atoms with E-state index >= 15 is 0 Å². The van der Waals surface area contributed by atoms with Crippen molar-refractivity contribution < 1.29 is 19.4 Å². The molecule has 186 valence electrons. The number of pyridine rings is 1. The van der Waals surface area contributed by atoms with E-state index < -0.39 is 17.7 Å². The van der Waals surface area contributed by atoms with Gasteiger partial charge in [-0.05, 0) is 66.4 Å². The van der Waals surface area contributed by atoms with Gasteiger partial charge in [-0.3, -0.25) is 14.6 Å². The van der Waals surface area contributed by atoms with E-state index in [1.54, 1.807) is 54.9 Å². The van der Waals surface area contributed by atoms with Crippen LogP contribution in [0.25, 0.3) is 5.76 Å². The minimum atomic E-state index is -0.860. The maximum atomic E-state index is 13.3. The molecule has 2 aromatic carbocycles. The zero-order chi connectivity index (χ0) is 25.8. The lowest BCUT2D eigenvalue weighted by Gasteiger charge is -2.25. The van der Waals surface area contributed by atoms with E-state index in [0.29, 0.717) is 28.5 Å². The number of rotatable bonds is 8. The number of hydrogen-bond acceptors (Lipinski definition) is 5. The molecular formula is C28H26Cl2N2O4. The summed E-state index contributed by atoms with van der Waals surface area (Å²) in [6, 6.07) is 12.8. The van der Waals surface area contributed by atoms with Gasteiger partial charge in [-0.15, -0.1) is 0 Å². The number of aliphatic hydroxyl groups is 1. The zero-order valence-electron chi connectivity index (χ0n) is 20.0. The Morgan fingerprint density at radius 1 is 1.11 bits per heavy atom. The molecule has 0 radical (unpaired) electrons. The van der Waals surface area contributed by atoms with E-state index in [9.17, 15) is 14.7 Å². The number of Topliss-reactive ketones (excluding diaryl/α,β-unsaturated/α-hetero) is 1. The van der Waals surface area contributed by atoms with Crippen molar-refractivity contribution in [3.63, 3.8) is 0 Å². The van der Waals surface area contributed by atoms with Gasteiger partial charge >= 0.3 is 0 Å². The summed E-state index contributed by atoms with van der Waals surface area (Å²) >= 11 is 12.4. The van der Waals surface area contributed by atoms with E-state index in [1.807, 2.05) is 13.0 Å². The first kappa shape index (κ1) is 25.7. The van der Waals surface area contributed by atoms with Crippen molar-refractivity contribution >= 4 is 40.7 Å². The van der Waals surface area contributed by atoms with Crippen LogP contribution >= 0.6 is 23.2 Å². The molecule has 0 aliphatic carbocycles. The van der Waals surface area contributed by atoms with Crippen LogP contribution in [0.5, 0.6) is 5.75 Å². The molecule has 1 aliphatic heterocycles. The highest BCUT2D eigenvalue weighted by atomic mass is 35.5. The molecule has 1 unspecified atom stereocenters. The van der Waals surface area contributed by atoms with Crippen LogP contribution < -0.4 is 4.74 Å². The molecule has 0 saturated carbocycles. The maximum absolute atomic E-state index is 13.3. The summed E-state index contributed by atoms with van der Waals surface area (Å²) in [4.78, 5) is 32.0. The molecule has 4 rings (SSSR count). The van der Waals surface area contributed by atoms with E-state index in [2.05, 4.69) is 11.9 Å². The summed E-state index contributed by atoms with van der Waals surface area (Å²) < 4.78 is 5.81. The minimum Gasteiger partial charge on any atom is -0.507 e. The predicted molar refractivity (Wildman–Crippen MR) is 140 cm³/mol. The lowest BCUT2D eigenvalue weighted by molar-refractivity contribution is -0.140. The average molecular weight is 525 g/mol. The predicted octanol–water partition coefficient (Wildman–Crippen LogP) is 6.50. The summed E-state index contributed by atoms with van der Waals surface area (Å²) in [5.74, 6) is -1.04. The number of halogens is 2. The normalized spacial score (nSPS) is 17.0. The van der Waals surface area contributed by atoms with Crippen molar-refractivity contribution in [2.24, 2.45) is 0 Å². The highest BCUT2D eigenvalue weighted by Crippen LogP contribution is 2.42. The van der Waals surface area contributed by atoms with Crippen molar-refractivity contribution in [1.29, 1.82) is 0 Å². The lowest BCUT2D eigenvalue weighted by Crippen LogP contribution is -2.29. The van der Waals surface area contributed by atoms with Crippen LogP contribution in [-0.4, -0.2) is 33.3 Å². The van der Waals surface area contributed by atoms with E-state index in [4.69, 9.17) is 27.9 Å². The average Bonchev–Trinajstić information content (AvgIpc) is 3.12. The summed E-state index contributed by atoms with van der Waals surface area (Å²) in [7, 11) is 0. The Morgan fingerprint density at radius 2 is 1.92 bits per heavy atom. The van der Waals surface area contributed by atoms with E-state index in [0.717, 1.165) is 24.0 Å². The highest BCUT2D eigenvalue weighted by Gasteiger charge is 2.46. The van der Waals surface area contributed by atoms with Crippen molar-refractivity contribution in [3.05, 3.63) is 98.8 Å². The largest absolute Gasteiger partial charge is 0.507 e. The summed E-state index contributed by atoms with van der Waals surface area (Å²) in [6.07, 6.45) is 5.22. The number of amides is 1. The molecule has 1 saturated heterocycles. The number of unbranched alkanes of at least 4 members (excludes halogenated alkanes) is 1. The molecule has 1 N–H and O–H groups in total. The number of likely N-dealkylation sites (tertiary alicyclic amines) is 1. The molecule has 1 amide bonds. The van der Waals surface area contributed by atoms with E-state index in [1.165, 1.54) is 4.90 Å². The summed E-state index contributed by atoms with van der Waals surface area (Å²) in [6.45, 7) is 4.68. The van der Waals surface area contributed by atoms with Crippen molar-refractivity contribution in [1.82, 2.24) is 9.88 Å². The van der Waals surface area contributed by atoms with Gasteiger partial charge in [0.25, 0.3) is 11.7 Å². The standard InChI is InChI=1S/C28H26Cl2N2O4/c1-3-4-12-36-23-10-8-20(13-17(23)2)26(33)24-25(19-7-9-21(29)22(30)14-19)32(28(35)27(24)34)16-18-6-5-11-31-15-18/h5-11,13-15,25,33H,3-4,12,16H2,1-2H3/b26-24+. The number of aromatic nitrogens is 1. The fraction of sp³-hybridized carbons (Fsp3) is 0.250. The number of carbonyl (C=O) groups excluding carboxylic acids is 2. The molecule has 1 aliphatic rings. The van der Waals surface area contributed by atoms with E-state index in [-0.39, 0.29) is 22.9 Å². The highest BCUT2D eigenvalue weighted by molar-refractivity contribution is 6.46. The molecular weight excluding hydrogens is 499 g/mol. The number of nitrogens with zero attached hydrogens (tertiary/aromatic N) is 2. The number of ketones is 1. The Bertz CT molecular complexity index is 1320. The van der Waals surface area contributed by atoms with Crippen molar-refractivity contribution in [2.75, 3.05) is 6.61 Å². The molecule has 36 heavy (non-hydrogen) atoms. The van der Waals surface area contributed by atoms with Crippen molar-refractivity contribution in [2.45, 2.75) is 39.3 Å². The Kier molecular flexibility index (Phi) is 7.97. The first-order valence-corrected chi connectivity index (χ1v) is 12.4. The molecule has 3 aromatic rings.